The van der Waals surface area contributed by atoms with Crippen molar-refractivity contribution in [1.82, 2.24) is 0 Å². The van der Waals surface area contributed by atoms with Gasteiger partial charge in [-0.25, -0.2) is 4.79 Å². The molecule has 1 aromatic rings. The summed E-state index contributed by atoms with van der Waals surface area (Å²) in [5.41, 5.74) is 0. The lowest BCUT2D eigenvalue weighted by Gasteiger charge is -2.05. The molecular weight excluding hydrogens is 208 g/mol. The van der Waals surface area contributed by atoms with E-state index in [0.29, 0.717) is 5.02 Å². The maximum Gasteiger partial charge on any atom is 0.516 e. The zero-order valence-corrected chi connectivity index (χ0v) is 8.15. The predicted molar refractivity (Wildman–Crippen MR) is 48.7 cm³/mol. The minimum atomic E-state index is -1.44. The fraction of sp³-hybridized carbons (Fsp3) is 0.222. The van der Waals surface area contributed by atoms with Gasteiger partial charge in [-0.15, -0.1) is 0 Å². The summed E-state index contributed by atoms with van der Waals surface area (Å²) in [7, 11) is 0. The van der Waals surface area contributed by atoms with E-state index < -0.39 is 12.4 Å². The summed E-state index contributed by atoms with van der Waals surface area (Å²) in [5, 5.41) is 11.0. The largest absolute Gasteiger partial charge is 0.516 e. The van der Waals surface area contributed by atoms with Crippen molar-refractivity contribution >= 4 is 17.8 Å². The van der Waals surface area contributed by atoms with Crippen molar-refractivity contribution in [2.45, 2.75) is 13.2 Å². The summed E-state index contributed by atoms with van der Waals surface area (Å²) in [6.07, 6.45) is -2.45. The van der Waals surface area contributed by atoms with Crippen molar-refractivity contribution in [3.63, 3.8) is 0 Å². The van der Waals surface area contributed by atoms with Crippen LogP contribution in [0.1, 0.15) is 6.92 Å². The van der Waals surface area contributed by atoms with E-state index in [9.17, 15) is 9.90 Å². The van der Waals surface area contributed by atoms with Crippen molar-refractivity contribution in [3.8, 4) is 5.75 Å². The maximum atomic E-state index is 10.8. The Labute approximate surface area is 86.0 Å². The highest BCUT2D eigenvalue weighted by Crippen LogP contribution is 2.15. The number of hydrogen-bond donors (Lipinski definition) is 0. The summed E-state index contributed by atoms with van der Waals surface area (Å²) in [5.74, 6) is 0.278. The molecule has 75 valence electrons. The first-order valence-corrected chi connectivity index (χ1v) is 4.25. The molecule has 0 fully saturated rings. The number of carbonyl (C=O) groups excluding carboxylic acids is 1. The molecule has 0 heterocycles. The van der Waals surface area contributed by atoms with Gasteiger partial charge in [-0.2, -0.15) is 5.11 Å². The number of carbonyl (C=O) groups is 1. The molecule has 0 amide bonds. The van der Waals surface area contributed by atoms with Crippen LogP contribution in [0.2, 0.25) is 5.02 Å². The normalized spacial score (nSPS) is 11.9. The highest BCUT2D eigenvalue weighted by molar-refractivity contribution is 6.30. The summed E-state index contributed by atoms with van der Waals surface area (Å²) in [6.45, 7) is 1.20. The second kappa shape index (κ2) is 4.83. The van der Waals surface area contributed by atoms with Crippen LogP contribution in [0.4, 0.5) is 4.79 Å². The minimum Gasteiger partial charge on any atom is -0.402 e. The Morgan fingerprint density at radius 1 is 1.36 bits per heavy atom. The molecule has 0 aromatic heterocycles. The number of ether oxygens (including phenoxy) is 2. The van der Waals surface area contributed by atoms with Gasteiger partial charge in [0.25, 0.3) is 0 Å². The van der Waals surface area contributed by atoms with Crippen molar-refractivity contribution in [2.75, 3.05) is 0 Å². The lowest BCUT2D eigenvalue weighted by atomic mass is 10.3. The Bertz CT molecular complexity index is 307. The summed E-state index contributed by atoms with van der Waals surface area (Å²) in [6, 6.07) is 6.12. The Balaban J connectivity index is 2.52. The fourth-order valence-corrected chi connectivity index (χ4v) is 0.884. The molecule has 1 radical (unpaired) electrons. The molecule has 1 aromatic carbocycles. The van der Waals surface area contributed by atoms with Gasteiger partial charge in [0, 0.05) is 11.9 Å². The second-order valence-corrected chi connectivity index (χ2v) is 2.93. The number of benzene rings is 1. The topological polar surface area (TPSA) is 55.4 Å². The number of halogens is 1. The van der Waals surface area contributed by atoms with Gasteiger partial charge in [-0.1, -0.05) is 11.6 Å². The molecule has 0 aliphatic rings. The van der Waals surface area contributed by atoms with Crippen LogP contribution >= 0.6 is 11.6 Å². The molecule has 0 saturated heterocycles. The van der Waals surface area contributed by atoms with Crippen LogP contribution in [0.3, 0.4) is 0 Å². The zero-order valence-electron chi connectivity index (χ0n) is 7.40. The molecule has 1 unspecified atom stereocenters. The first-order chi connectivity index (χ1) is 6.58. The Morgan fingerprint density at radius 2 is 1.93 bits per heavy atom. The van der Waals surface area contributed by atoms with Crippen LogP contribution in [-0.4, -0.2) is 12.4 Å². The first kappa shape index (κ1) is 10.8. The molecule has 0 aliphatic carbocycles. The smallest absolute Gasteiger partial charge is 0.402 e. The summed E-state index contributed by atoms with van der Waals surface area (Å²) < 4.78 is 8.90. The van der Waals surface area contributed by atoms with Crippen LogP contribution < -0.4 is 4.74 Å². The SMILES string of the molecule is CC([O])OC(=O)Oc1ccc(Cl)cc1. The van der Waals surface area contributed by atoms with Crippen molar-refractivity contribution < 1.29 is 19.4 Å². The molecule has 0 aliphatic heterocycles. The molecule has 0 bridgehead atoms. The first-order valence-electron chi connectivity index (χ1n) is 3.88. The van der Waals surface area contributed by atoms with E-state index in [-0.39, 0.29) is 5.75 Å². The standard InChI is InChI=1S/C9H8ClO4/c1-6(11)13-9(12)14-8-4-2-7(10)3-5-8/h2-6H,1H3. The molecule has 4 nitrogen and oxygen atoms in total. The molecular formula is C9H8ClO4. The third-order valence-electron chi connectivity index (χ3n) is 1.28. The van der Waals surface area contributed by atoms with Gasteiger partial charge in [-0.05, 0) is 24.3 Å². The van der Waals surface area contributed by atoms with Crippen LogP contribution in [0.5, 0.6) is 5.75 Å². The average molecular weight is 216 g/mol. The molecule has 0 spiro atoms. The second-order valence-electron chi connectivity index (χ2n) is 2.49. The van der Waals surface area contributed by atoms with Gasteiger partial charge < -0.3 is 9.47 Å². The van der Waals surface area contributed by atoms with Gasteiger partial charge in [0.2, 0.25) is 6.29 Å². The maximum absolute atomic E-state index is 10.8. The van der Waals surface area contributed by atoms with Gasteiger partial charge >= 0.3 is 6.16 Å². The summed E-state index contributed by atoms with van der Waals surface area (Å²) in [4.78, 5) is 10.8. The Hall–Kier alpha value is -1.26. The van der Waals surface area contributed by atoms with E-state index in [1.165, 1.54) is 19.1 Å². The van der Waals surface area contributed by atoms with Crippen molar-refractivity contribution in [2.24, 2.45) is 0 Å². The quantitative estimate of drug-likeness (QED) is 0.433. The molecule has 0 saturated carbocycles. The third-order valence-corrected chi connectivity index (χ3v) is 1.53. The zero-order chi connectivity index (χ0) is 10.6. The van der Waals surface area contributed by atoms with E-state index in [4.69, 9.17) is 11.6 Å². The average Bonchev–Trinajstić information content (AvgIpc) is 2.07. The van der Waals surface area contributed by atoms with Crippen LogP contribution in [0, 0.1) is 0 Å². The molecule has 14 heavy (non-hydrogen) atoms. The lowest BCUT2D eigenvalue weighted by Crippen LogP contribution is -2.16. The third kappa shape index (κ3) is 3.64. The van der Waals surface area contributed by atoms with Gasteiger partial charge in [0.05, 0.1) is 0 Å². The molecule has 5 heteroatoms. The van der Waals surface area contributed by atoms with E-state index in [1.807, 2.05) is 0 Å². The lowest BCUT2D eigenvalue weighted by molar-refractivity contribution is -0.0954. The predicted octanol–water partition coefficient (Wildman–Crippen LogP) is 2.63. The van der Waals surface area contributed by atoms with Crippen LogP contribution in [0.25, 0.3) is 0 Å². The van der Waals surface area contributed by atoms with Crippen LogP contribution in [-0.2, 0) is 9.84 Å². The fourth-order valence-electron chi connectivity index (χ4n) is 0.758. The van der Waals surface area contributed by atoms with Crippen molar-refractivity contribution in [1.29, 1.82) is 0 Å². The molecule has 0 N–H and O–H groups in total. The Kier molecular flexibility index (Phi) is 3.73. The van der Waals surface area contributed by atoms with E-state index in [0.717, 1.165) is 0 Å². The van der Waals surface area contributed by atoms with E-state index in [2.05, 4.69) is 9.47 Å². The summed E-state index contributed by atoms with van der Waals surface area (Å²) >= 11 is 5.61. The van der Waals surface area contributed by atoms with Gasteiger partial charge in [-0.3, -0.25) is 0 Å². The minimum absolute atomic E-state index is 0.278. The Morgan fingerprint density at radius 3 is 2.43 bits per heavy atom. The van der Waals surface area contributed by atoms with Crippen molar-refractivity contribution in [3.05, 3.63) is 29.3 Å². The monoisotopic (exact) mass is 215 g/mol. The number of hydrogen-bond acceptors (Lipinski definition) is 3. The molecule has 1 atom stereocenters. The number of rotatable bonds is 2. The highest BCUT2D eigenvalue weighted by atomic mass is 35.5. The highest BCUT2D eigenvalue weighted by Gasteiger charge is 2.09. The van der Waals surface area contributed by atoms with Crippen LogP contribution in [0.15, 0.2) is 24.3 Å². The van der Waals surface area contributed by atoms with Gasteiger partial charge in [0.1, 0.15) is 5.75 Å². The molecule has 1 rings (SSSR count). The van der Waals surface area contributed by atoms with E-state index >= 15 is 0 Å². The van der Waals surface area contributed by atoms with Gasteiger partial charge in [0.15, 0.2) is 0 Å². The van der Waals surface area contributed by atoms with E-state index in [1.54, 1.807) is 12.1 Å².